The van der Waals surface area contributed by atoms with Crippen molar-refractivity contribution in [3.63, 3.8) is 0 Å². The Morgan fingerprint density at radius 2 is 1.92 bits per heavy atom. The molecule has 0 N–H and O–H groups in total. The third-order valence-electron chi connectivity index (χ3n) is 4.46. The Balaban J connectivity index is 1.77. The van der Waals surface area contributed by atoms with Crippen LogP contribution in [0.25, 0.3) is 0 Å². The summed E-state index contributed by atoms with van der Waals surface area (Å²) in [5, 5.41) is 0. The number of benzene rings is 2. The molecule has 1 aliphatic rings. The molecule has 25 heavy (non-hydrogen) atoms. The first-order valence-corrected chi connectivity index (χ1v) is 8.90. The highest BCUT2D eigenvalue weighted by Gasteiger charge is 2.22. The molecule has 4 heteroatoms. The number of hydrogen-bond donors (Lipinski definition) is 0. The average molecular weight is 339 g/mol. The molecule has 132 valence electrons. The molecule has 1 atom stereocenters. The molecule has 0 saturated carbocycles. The Kier molecular flexibility index (Phi) is 6.20. The van der Waals surface area contributed by atoms with Crippen molar-refractivity contribution in [2.24, 2.45) is 0 Å². The van der Waals surface area contributed by atoms with Crippen molar-refractivity contribution in [3.8, 4) is 0 Å². The van der Waals surface area contributed by atoms with E-state index in [1.165, 1.54) is 16.7 Å². The first kappa shape index (κ1) is 17.6. The maximum absolute atomic E-state index is 11.6. The molecular weight excluding hydrogens is 314 g/mol. The van der Waals surface area contributed by atoms with Crippen LogP contribution in [-0.4, -0.2) is 37.2 Å². The summed E-state index contributed by atoms with van der Waals surface area (Å²) < 4.78 is 11.3. The van der Waals surface area contributed by atoms with Crippen LogP contribution in [-0.2, 0) is 20.8 Å². The maximum Gasteiger partial charge on any atom is 0.307 e. The zero-order chi connectivity index (χ0) is 17.5. The summed E-state index contributed by atoms with van der Waals surface area (Å²) in [7, 11) is 0. The summed E-state index contributed by atoms with van der Waals surface area (Å²) in [5.41, 5.74) is 3.63. The molecule has 2 aromatic rings. The molecule has 0 fully saturated rings. The minimum Gasteiger partial charge on any atom is -0.466 e. The summed E-state index contributed by atoms with van der Waals surface area (Å²) in [6.45, 7) is 5.22. The topological polar surface area (TPSA) is 38.8 Å². The molecule has 1 unspecified atom stereocenters. The molecule has 0 radical (unpaired) electrons. The van der Waals surface area contributed by atoms with E-state index in [1.807, 2.05) is 25.1 Å². The normalized spacial score (nSPS) is 18.0. The zero-order valence-corrected chi connectivity index (χ0v) is 14.7. The third-order valence-corrected chi connectivity index (χ3v) is 4.46. The second-order valence-corrected chi connectivity index (χ2v) is 6.19. The summed E-state index contributed by atoms with van der Waals surface area (Å²) in [6.07, 6.45) is 0.377. The van der Waals surface area contributed by atoms with Crippen LogP contribution in [0.2, 0.25) is 0 Å². The number of rotatable bonds is 5. The predicted molar refractivity (Wildman–Crippen MR) is 97.2 cm³/mol. The van der Waals surface area contributed by atoms with E-state index < -0.39 is 0 Å². The van der Waals surface area contributed by atoms with E-state index in [2.05, 4.69) is 41.3 Å². The average Bonchev–Trinajstić information content (AvgIpc) is 2.62. The van der Waals surface area contributed by atoms with Gasteiger partial charge in [-0.25, -0.2) is 0 Å². The molecule has 1 aliphatic heterocycles. The first-order chi connectivity index (χ1) is 12.3. The van der Waals surface area contributed by atoms with E-state index in [0.717, 1.165) is 13.1 Å². The van der Waals surface area contributed by atoms with E-state index in [0.29, 0.717) is 26.2 Å². The van der Waals surface area contributed by atoms with Crippen molar-refractivity contribution >= 4 is 5.97 Å². The van der Waals surface area contributed by atoms with Gasteiger partial charge in [-0.15, -0.1) is 0 Å². The Hall–Kier alpha value is -2.17. The SMILES string of the molecule is CCOC(=O)CCN1CCOC(c2ccccc2)c2ccccc2C1. The predicted octanol–water partition coefficient (Wildman–Crippen LogP) is 3.56. The maximum atomic E-state index is 11.6. The number of nitrogens with zero attached hydrogens (tertiary/aromatic N) is 1. The molecule has 0 amide bonds. The second-order valence-electron chi connectivity index (χ2n) is 6.19. The molecule has 0 saturated heterocycles. The molecule has 0 bridgehead atoms. The first-order valence-electron chi connectivity index (χ1n) is 8.90. The van der Waals surface area contributed by atoms with E-state index >= 15 is 0 Å². The van der Waals surface area contributed by atoms with Gasteiger partial charge in [-0.05, 0) is 23.6 Å². The fraction of sp³-hybridized carbons (Fsp3) is 0.381. The lowest BCUT2D eigenvalue weighted by Crippen LogP contribution is -2.33. The quantitative estimate of drug-likeness (QED) is 0.781. The van der Waals surface area contributed by atoms with Gasteiger partial charge in [0, 0.05) is 19.6 Å². The van der Waals surface area contributed by atoms with Crippen LogP contribution in [0.4, 0.5) is 0 Å². The van der Waals surface area contributed by atoms with Crippen molar-refractivity contribution in [2.75, 3.05) is 26.3 Å². The number of hydrogen-bond acceptors (Lipinski definition) is 4. The molecule has 2 aromatic carbocycles. The van der Waals surface area contributed by atoms with Gasteiger partial charge < -0.3 is 9.47 Å². The van der Waals surface area contributed by atoms with Gasteiger partial charge in [0.15, 0.2) is 0 Å². The van der Waals surface area contributed by atoms with Gasteiger partial charge in [-0.3, -0.25) is 9.69 Å². The molecule has 0 aromatic heterocycles. The molecule has 4 nitrogen and oxygen atoms in total. The van der Waals surface area contributed by atoms with E-state index in [1.54, 1.807) is 0 Å². The van der Waals surface area contributed by atoms with Crippen LogP contribution in [0.5, 0.6) is 0 Å². The lowest BCUT2D eigenvalue weighted by Gasteiger charge is -2.30. The minimum atomic E-state index is -0.138. The van der Waals surface area contributed by atoms with Gasteiger partial charge in [0.05, 0.1) is 19.6 Å². The zero-order valence-electron chi connectivity index (χ0n) is 14.7. The Labute approximate surface area is 149 Å². The lowest BCUT2D eigenvalue weighted by molar-refractivity contribution is -0.143. The molecule has 1 heterocycles. The largest absolute Gasteiger partial charge is 0.466 e. The Morgan fingerprint density at radius 3 is 2.72 bits per heavy atom. The molecule has 3 rings (SSSR count). The van der Waals surface area contributed by atoms with Gasteiger partial charge in [0.2, 0.25) is 0 Å². The van der Waals surface area contributed by atoms with Gasteiger partial charge in [-0.2, -0.15) is 0 Å². The molecule has 0 aliphatic carbocycles. The number of carbonyl (C=O) groups is 1. The number of ether oxygens (including phenoxy) is 2. The Morgan fingerprint density at radius 1 is 1.16 bits per heavy atom. The highest BCUT2D eigenvalue weighted by Crippen LogP contribution is 2.30. The third kappa shape index (κ3) is 4.68. The second kappa shape index (κ2) is 8.79. The van der Waals surface area contributed by atoms with Crippen LogP contribution in [0.1, 0.15) is 36.1 Å². The van der Waals surface area contributed by atoms with E-state index in [-0.39, 0.29) is 12.1 Å². The van der Waals surface area contributed by atoms with Crippen LogP contribution < -0.4 is 0 Å². The highest BCUT2D eigenvalue weighted by molar-refractivity contribution is 5.69. The molecular formula is C21H25NO3. The van der Waals surface area contributed by atoms with Crippen molar-refractivity contribution in [1.82, 2.24) is 4.90 Å². The van der Waals surface area contributed by atoms with Crippen LogP contribution in [0.3, 0.4) is 0 Å². The van der Waals surface area contributed by atoms with Gasteiger partial charge in [-0.1, -0.05) is 54.6 Å². The summed E-state index contributed by atoms with van der Waals surface area (Å²) in [6, 6.07) is 18.8. The van der Waals surface area contributed by atoms with Gasteiger partial charge in [0.25, 0.3) is 0 Å². The van der Waals surface area contributed by atoms with Crippen molar-refractivity contribution in [3.05, 3.63) is 71.3 Å². The number of carbonyl (C=O) groups excluding carboxylic acids is 1. The van der Waals surface area contributed by atoms with Gasteiger partial charge >= 0.3 is 5.97 Å². The summed E-state index contributed by atoms with van der Waals surface area (Å²) in [5.74, 6) is -0.138. The summed E-state index contributed by atoms with van der Waals surface area (Å²) >= 11 is 0. The van der Waals surface area contributed by atoms with Gasteiger partial charge in [0.1, 0.15) is 6.10 Å². The summed E-state index contributed by atoms with van der Waals surface area (Å²) in [4.78, 5) is 13.9. The lowest BCUT2D eigenvalue weighted by atomic mass is 9.95. The van der Waals surface area contributed by atoms with E-state index in [4.69, 9.17) is 9.47 Å². The van der Waals surface area contributed by atoms with Crippen molar-refractivity contribution < 1.29 is 14.3 Å². The highest BCUT2D eigenvalue weighted by atomic mass is 16.5. The molecule has 0 spiro atoms. The van der Waals surface area contributed by atoms with Crippen molar-refractivity contribution in [2.45, 2.75) is 26.0 Å². The minimum absolute atomic E-state index is 0.0374. The Bertz CT molecular complexity index is 687. The number of esters is 1. The smallest absolute Gasteiger partial charge is 0.307 e. The van der Waals surface area contributed by atoms with Crippen LogP contribution in [0.15, 0.2) is 54.6 Å². The van der Waals surface area contributed by atoms with Crippen LogP contribution in [0, 0.1) is 0 Å². The monoisotopic (exact) mass is 339 g/mol. The standard InChI is InChI=1S/C21H25NO3/c1-2-24-20(23)12-13-22-14-15-25-21(17-8-4-3-5-9-17)19-11-7-6-10-18(19)16-22/h3-11,21H,2,12-16H2,1H3. The van der Waals surface area contributed by atoms with Crippen molar-refractivity contribution in [1.29, 1.82) is 0 Å². The number of fused-ring (bicyclic) bond motifs is 1. The fourth-order valence-electron chi connectivity index (χ4n) is 3.22. The van der Waals surface area contributed by atoms with E-state index in [9.17, 15) is 4.79 Å². The fourth-order valence-corrected chi connectivity index (χ4v) is 3.22. The van der Waals surface area contributed by atoms with Crippen LogP contribution >= 0.6 is 0 Å².